The Morgan fingerprint density at radius 3 is 1.57 bits per heavy atom. The van der Waals surface area contributed by atoms with Gasteiger partial charge in [-0.05, 0) is 55.5 Å². The second-order valence-electron chi connectivity index (χ2n) is 3.96. The van der Waals surface area contributed by atoms with Crippen molar-refractivity contribution in [2.45, 2.75) is 6.92 Å². The largest absolute Gasteiger partial charge is 0.434 e. The molecule has 2 rings (SSSR count). The van der Waals surface area contributed by atoms with Gasteiger partial charge in [0.15, 0.2) is 0 Å². The number of hydrogen-bond donors (Lipinski definition) is 0. The highest BCUT2D eigenvalue weighted by molar-refractivity contribution is 8.07. The van der Waals surface area contributed by atoms with Crippen LogP contribution in [0.4, 0.5) is 0 Å². The molecule has 0 N–H and O–H groups in total. The van der Waals surface area contributed by atoms with Gasteiger partial charge in [-0.2, -0.15) is 0 Å². The maximum absolute atomic E-state index is 5.84. The summed E-state index contributed by atoms with van der Waals surface area (Å²) in [5.74, 6) is 1.09. The molecular weight excluding hydrogens is 350 g/mol. The molecule has 0 saturated carbocycles. The maximum atomic E-state index is 5.84. The predicted molar refractivity (Wildman–Crippen MR) is 90.1 cm³/mol. The Labute approximate surface area is 139 Å². The Balaban J connectivity index is 2.17. The average molecular weight is 363 g/mol. The minimum absolute atomic E-state index is 0.387. The molecule has 0 atom stereocenters. The maximum Gasteiger partial charge on any atom is 0.434 e. The summed E-state index contributed by atoms with van der Waals surface area (Å²) in [4.78, 5) is 0. The fourth-order valence-corrected chi connectivity index (χ4v) is 3.78. The Morgan fingerprint density at radius 2 is 1.24 bits per heavy atom. The smallest absolute Gasteiger partial charge is 0.416 e. The lowest BCUT2D eigenvalue weighted by Gasteiger charge is -2.22. The van der Waals surface area contributed by atoms with E-state index in [0.29, 0.717) is 28.2 Å². The molecule has 112 valence electrons. The number of rotatable bonds is 6. The first kappa shape index (κ1) is 16.6. The summed E-state index contributed by atoms with van der Waals surface area (Å²) in [5, 5.41) is 1.23. The fourth-order valence-electron chi connectivity index (χ4n) is 1.48. The van der Waals surface area contributed by atoms with Crippen molar-refractivity contribution in [3.63, 3.8) is 0 Å². The van der Waals surface area contributed by atoms with Gasteiger partial charge in [0.2, 0.25) is 0 Å². The van der Waals surface area contributed by atoms with Crippen LogP contribution in [0.1, 0.15) is 6.92 Å². The summed E-state index contributed by atoms with van der Waals surface area (Å²) in [6.07, 6.45) is 0. The molecule has 0 fully saturated rings. The summed E-state index contributed by atoms with van der Waals surface area (Å²) in [5.41, 5.74) is 0. The van der Waals surface area contributed by atoms with Gasteiger partial charge in [-0.3, -0.25) is 4.52 Å². The first-order valence-corrected chi connectivity index (χ1v) is 9.47. The molecule has 2 aromatic carbocycles. The van der Waals surface area contributed by atoms with Crippen LogP contribution >= 0.6 is 29.9 Å². The molecule has 21 heavy (non-hydrogen) atoms. The molecule has 7 heteroatoms. The van der Waals surface area contributed by atoms with Crippen LogP contribution in [0.25, 0.3) is 0 Å². The molecule has 0 aliphatic heterocycles. The Bertz CT molecular complexity index is 580. The van der Waals surface area contributed by atoms with Gasteiger partial charge in [0, 0.05) is 21.9 Å². The van der Waals surface area contributed by atoms with E-state index in [0.717, 1.165) is 0 Å². The van der Waals surface area contributed by atoms with Gasteiger partial charge in [-0.1, -0.05) is 23.2 Å². The van der Waals surface area contributed by atoms with Gasteiger partial charge in [0.25, 0.3) is 0 Å². The van der Waals surface area contributed by atoms with E-state index in [9.17, 15) is 0 Å². The zero-order valence-corrected chi connectivity index (χ0v) is 14.4. The molecule has 0 aliphatic carbocycles. The molecule has 0 heterocycles. The van der Waals surface area contributed by atoms with Crippen molar-refractivity contribution < 1.29 is 13.6 Å². The molecule has 0 spiro atoms. The monoisotopic (exact) mass is 362 g/mol. The van der Waals surface area contributed by atoms with Gasteiger partial charge >= 0.3 is 6.72 Å². The van der Waals surface area contributed by atoms with Crippen LogP contribution < -0.4 is 9.05 Å². The topological polar surface area (TPSA) is 27.7 Å². The second kappa shape index (κ2) is 7.48. The van der Waals surface area contributed by atoms with Crippen molar-refractivity contribution in [2.24, 2.45) is 0 Å². The van der Waals surface area contributed by atoms with Crippen LogP contribution in [0.3, 0.4) is 0 Å². The Hall–Kier alpha value is -0.770. The third kappa shape index (κ3) is 5.17. The van der Waals surface area contributed by atoms with E-state index < -0.39 is 6.72 Å². The van der Waals surface area contributed by atoms with Crippen LogP contribution in [-0.2, 0) is 16.3 Å². The van der Waals surface area contributed by atoms with Crippen LogP contribution in [0.2, 0.25) is 10.0 Å². The van der Waals surface area contributed by atoms with Gasteiger partial charge in [-0.25, -0.2) is 0 Å². The third-order valence-corrected chi connectivity index (χ3v) is 5.06. The van der Waals surface area contributed by atoms with Crippen molar-refractivity contribution in [3.05, 3.63) is 58.6 Å². The normalized spacial score (nSPS) is 11.2. The average Bonchev–Trinajstić information content (AvgIpc) is 2.44. The summed E-state index contributed by atoms with van der Waals surface area (Å²) < 4.78 is 17.0. The second-order valence-corrected chi connectivity index (χ2v) is 7.69. The van der Waals surface area contributed by atoms with E-state index in [1.807, 2.05) is 6.92 Å². The lowest BCUT2D eigenvalue weighted by atomic mass is 10.3. The van der Waals surface area contributed by atoms with E-state index in [2.05, 4.69) is 0 Å². The SMILES string of the molecule is CCOP(=S)(Oc1ccc(Cl)cc1)Oc1ccc(Cl)cc1. The highest BCUT2D eigenvalue weighted by Crippen LogP contribution is 2.50. The van der Waals surface area contributed by atoms with Gasteiger partial charge in [0.1, 0.15) is 11.5 Å². The van der Waals surface area contributed by atoms with Crippen LogP contribution in [0.5, 0.6) is 11.5 Å². The molecule has 0 radical (unpaired) electrons. The number of benzene rings is 2. The van der Waals surface area contributed by atoms with Crippen molar-refractivity contribution in [1.82, 2.24) is 0 Å². The van der Waals surface area contributed by atoms with Gasteiger partial charge in [0.05, 0.1) is 6.61 Å². The highest BCUT2D eigenvalue weighted by atomic mass is 35.5. The zero-order valence-electron chi connectivity index (χ0n) is 11.2. The number of hydrogen-bond acceptors (Lipinski definition) is 4. The van der Waals surface area contributed by atoms with Crippen molar-refractivity contribution >= 4 is 41.7 Å². The molecule has 0 saturated heterocycles. The van der Waals surface area contributed by atoms with E-state index in [-0.39, 0.29) is 0 Å². The van der Waals surface area contributed by atoms with Gasteiger partial charge in [-0.15, -0.1) is 0 Å². The van der Waals surface area contributed by atoms with Crippen LogP contribution in [-0.4, -0.2) is 6.61 Å². The first-order valence-electron chi connectivity index (χ1n) is 6.16. The molecule has 0 bridgehead atoms. The van der Waals surface area contributed by atoms with E-state index in [1.165, 1.54) is 0 Å². The minimum atomic E-state index is -2.95. The minimum Gasteiger partial charge on any atom is -0.416 e. The standard InChI is InChI=1S/C14H13Cl2O3PS/c1-2-17-20(21,18-13-7-3-11(15)4-8-13)19-14-9-5-12(16)6-10-14/h3-10H,2H2,1H3. The molecule has 2 aromatic rings. The molecule has 3 nitrogen and oxygen atoms in total. The van der Waals surface area contributed by atoms with E-state index in [1.54, 1.807) is 48.5 Å². The Morgan fingerprint density at radius 1 is 0.857 bits per heavy atom. The van der Waals surface area contributed by atoms with Crippen LogP contribution in [0, 0.1) is 0 Å². The van der Waals surface area contributed by atoms with Crippen molar-refractivity contribution in [1.29, 1.82) is 0 Å². The fraction of sp³-hybridized carbons (Fsp3) is 0.143. The Kier molecular flexibility index (Phi) is 5.91. The predicted octanol–water partition coefficient (Wildman–Crippen LogP) is 5.71. The summed E-state index contributed by atoms with van der Waals surface area (Å²) in [7, 11) is 0. The van der Waals surface area contributed by atoms with Crippen molar-refractivity contribution in [2.75, 3.05) is 6.61 Å². The molecular formula is C14H13Cl2O3PS. The highest BCUT2D eigenvalue weighted by Gasteiger charge is 2.24. The first-order chi connectivity index (χ1) is 10.0. The lowest BCUT2D eigenvalue weighted by Crippen LogP contribution is -2.04. The van der Waals surface area contributed by atoms with Crippen molar-refractivity contribution in [3.8, 4) is 11.5 Å². The molecule has 0 aromatic heterocycles. The van der Waals surface area contributed by atoms with Crippen LogP contribution in [0.15, 0.2) is 48.5 Å². The van der Waals surface area contributed by atoms with Gasteiger partial charge < -0.3 is 9.05 Å². The molecule has 0 unspecified atom stereocenters. The quantitative estimate of drug-likeness (QED) is 0.615. The summed E-state index contributed by atoms with van der Waals surface area (Å²) in [6.45, 7) is -0.728. The summed E-state index contributed by atoms with van der Waals surface area (Å²) >= 11 is 17.1. The van der Waals surface area contributed by atoms with E-state index in [4.69, 9.17) is 48.6 Å². The zero-order chi connectivity index (χ0) is 15.3. The number of halogens is 2. The molecule has 0 aliphatic rings. The lowest BCUT2D eigenvalue weighted by molar-refractivity contribution is 0.276. The third-order valence-electron chi connectivity index (χ3n) is 2.35. The summed E-state index contributed by atoms with van der Waals surface area (Å²) in [6, 6.07) is 13.7. The van der Waals surface area contributed by atoms with E-state index >= 15 is 0 Å². The molecule has 0 amide bonds.